The van der Waals surface area contributed by atoms with Gasteiger partial charge in [-0.25, -0.2) is 9.78 Å². The van der Waals surface area contributed by atoms with Gasteiger partial charge in [-0.15, -0.1) is 11.3 Å². The van der Waals surface area contributed by atoms with Crippen molar-refractivity contribution in [1.29, 1.82) is 0 Å². The van der Waals surface area contributed by atoms with Gasteiger partial charge in [0.1, 0.15) is 0 Å². The quantitative estimate of drug-likeness (QED) is 0.405. The minimum absolute atomic E-state index is 0.00357. The number of carbonyl (C=O) groups excluding carboxylic acids is 1. The van der Waals surface area contributed by atoms with Gasteiger partial charge in [-0.3, -0.25) is 9.78 Å². The van der Waals surface area contributed by atoms with E-state index in [1.54, 1.807) is 41.9 Å². The summed E-state index contributed by atoms with van der Waals surface area (Å²) in [5.41, 5.74) is 4.42. The average molecular weight is 444 g/mol. The van der Waals surface area contributed by atoms with Gasteiger partial charge >= 0.3 is 5.97 Å². The highest BCUT2D eigenvalue weighted by Gasteiger charge is 2.13. The summed E-state index contributed by atoms with van der Waals surface area (Å²) in [4.78, 5) is 32.6. The van der Waals surface area contributed by atoms with Crippen LogP contribution in [-0.4, -0.2) is 27.0 Å². The normalized spacial score (nSPS) is 10.6. The number of aryl methyl sites for hydroxylation is 2. The first-order valence-electron chi connectivity index (χ1n) is 10.1. The predicted molar refractivity (Wildman–Crippen MR) is 125 cm³/mol. The zero-order valence-corrected chi connectivity index (χ0v) is 18.0. The lowest BCUT2D eigenvalue weighted by Gasteiger charge is -2.09. The van der Waals surface area contributed by atoms with Crippen molar-refractivity contribution < 1.29 is 14.7 Å². The number of anilines is 1. The number of aromatic nitrogens is 2. The van der Waals surface area contributed by atoms with E-state index in [1.807, 2.05) is 36.4 Å². The van der Waals surface area contributed by atoms with Crippen molar-refractivity contribution in [3.63, 3.8) is 0 Å². The largest absolute Gasteiger partial charge is 0.478 e. The Hall–Kier alpha value is -3.84. The number of nitrogens with one attached hydrogen (secondary N) is 1. The van der Waals surface area contributed by atoms with Crippen molar-refractivity contribution in [1.82, 2.24) is 9.97 Å². The van der Waals surface area contributed by atoms with Crippen LogP contribution in [0.15, 0.2) is 78.4 Å². The predicted octanol–water partition coefficient (Wildman–Crippen LogP) is 4.87. The second kappa shape index (κ2) is 9.98. The van der Waals surface area contributed by atoms with E-state index in [2.05, 4.69) is 15.7 Å². The molecule has 0 aliphatic rings. The van der Waals surface area contributed by atoms with Crippen LogP contribution in [0.25, 0.3) is 11.3 Å². The summed E-state index contributed by atoms with van der Waals surface area (Å²) in [6.45, 7) is 0. The summed E-state index contributed by atoms with van der Waals surface area (Å²) in [5.74, 6) is -1.29. The highest BCUT2D eigenvalue weighted by Crippen LogP contribution is 2.22. The number of carbonyl (C=O) groups is 2. The van der Waals surface area contributed by atoms with E-state index in [0.29, 0.717) is 11.3 Å². The zero-order chi connectivity index (χ0) is 22.3. The minimum Gasteiger partial charge on any atom is -0.478 e. The number of pyridine rings is 1. The van der Waals surface area contributed by atoms with Crippen molar-refractivity contribution in [2.24, 2.45) is 0 Å². The summed E-state index contributed by atoms with van der Waals surface area (Å²) in [6.07, 6.45) is 5.13. The third-order valence-electron chi connectivity index (χ3n) is 4.96. The lowest BCUT2D eigenvalue weighted by atomic mass is 10.0. The third-order valence-corrected chi connectivity index (χ3v) is 5.87. The monoisotopic (exact) mass is 443 g/mol. The Morgan fingerprint density at radius 1 is 0.969 bits per heavy atom. The molecule has 0 atom stereocenters. The van der Waals surface area contributed by atoms with E-state index in [1.165, 1.54) is 6.07 Å². The molecule has 1 amide bonds. The summed E-state index contributed by atoms with van der Waals surface area (Å²) in [7, 11) is 0. The molecule has 0 unspecified atom stereocenters. The van der Waals surface area contributed by atoms with Gasteiger partial charge in [-0.05, 0) is 47.9 Å². The van der Waals surface area contributed by atoms with Crippen LogP contribution in [0.5, 0.6) is 0 Å². The number of aromatic carboxylic acids is 1. The molecule has 32 heavy (non-hydrogen) atoms. The molecule has 0 radical (unpaired) electrons. The number of nitrogens with zero attached hydrogens (tertiary/aromatic N) is 2. The standard InChI is InChI=1S/C25H21N3O3S/c29-23(15-19-5-1-2-7-21(19)25(30)31)27-20-6-3-4-17(14-20)8-9-24-28-22(16-32-24)18-10-12-26-13-11-18/h1-7,10-14,16H,8-9,15H2,(H,27,29)(H,30,31). The van der Waals surface area contributed by atoms with Crippen LogP contribution < -0.4 is 5.32 Å². The maximum atomic E-state index is 12.5. The topological polar surface area (TPSA) is 92.2 Å². The summed E-state index contributed by atoms with van der Waals surface area (Å²) >= 11 is 1.63. The lowest BCUT2D eigenvalue weighted by molar-refractivity contribution is -0.115. The second-order valence-corrected chi connectivity index (χ2v) is 8.19. The molecular weight excluding hydrogens is 422 g/mol. The smallest absolute Gasteiger partial charge is 0.335 e. The van der Waals surface area contributed by atoms with Gasteiger partial charge in [0.2, 0.25) is 5.91 Å². The molecule has 160 valence electrons. The Labute approximate surface area is 189 Å². The molecule has 0 bridgehead atoms. The number of carboxylic acids is 1. The van der Waals surface area contributed by atoms with E-state index >= 15 is 0 Å². The van der Waals surface area contributed by atoms with Crippen LogP contribution in [-0.2, 0) is 24.1 Å². The van der Waals surface area contributed by atoms with Crippen molar-refractivity contribution >= 4 is 28.9 Å². The van der Waals surface area contributed by atoms with Crippen molar-refractivity contribution in [3.05, 3.63) is 100 Å². The molecule has 0 aliphatic heterocycles. The maximum absolute atomic E-state index is 12.5. The summed E-state index contributed by atoms with van der Waals surface area (Å²) < 4.78 is 0. The van der Waals surface area contributed by atoms with Gasteiger partial charge in [0, 0.05) is 35.4 Å². The van der Waals surface area contributed by atoms with Gasteiger partial charge in [-0.1, -0.05) is 30.3 Å². The molecule has 0 aliphatic carbocycles. The summed E-state index contributed by atoms with van der Waals surface area (Å²) in [6, 6.07) is 18.1. The van der Waals surface area contributed by atoms with Crippen molar-refractivity contribution in [2.75, 3.05) is 5.32 Å². The molecule has 4 rings (SSSR count). The molecule has 2 aromatic carbocycles. The molecule has 6 nitrogen and oxygen atoms in total. The maximum Gasteiger partial charge on any atom is 0.335 e. The fraction of sp³-hybridized carbons (Fsp3) is 0.120. The molecular formula is C25H21N3O3S. The average Bonchev–Trinajstić information content (AvgIpc) is 3.28. The van der Waals surface area contributed by atoms with Crippen LogP contribution in [0.1, 0.15) is 26.5 Å². The van der Waals surface area contributed by atoms with Crippen LogP contribution in [0.3, 0.4) is 0 Å². The third kappa shape index (κ3) is 5.44. The second-order valence-electron chi connectivity index (χ2n) is 7.25. The molecule has 0 saturated carbocycles. The fourth-order valence-electron chi connectivity index (χ4n) is 3.40. The molecule has 0 saturated heterocycles. The van der Waals surface area contributed by atoms with E-state index < -0.39 is 5.97 Å². The van der Waals surface area contributed by atoms with Crippen LogP contribution in [0.2, 0.25) is 0 Å². The summed E-state index contributed by atoms with van der Waals surface area (Å²) in [5, 5.41) is 15.3. The van der Waals surface area contributed by atoms with E-state index in [0.717, 1.165) is 34.7 Å². The number of hydrogen-bond donors (Lipinski definition) is 2. The molecule has 2 aromatic heterocycles. The van der Waals surface area contributed by atoms with E-state index in [9.17, 15) is 14.7 Å². The van der Waals surface area contributed by atoms with Crippen LogP contribution >= 0.6 is 11.3 Å². The molecule has 2 heterocycles. The first kappa shape index (κ1) is 21.4. The van der Waals surface area contributed by atoms with Gasteiger partial charge in [-0.2, -0.15) is 0 Å². The van der Waals surface area contributed by atoms with Crippen molar-refractivity contribution in [3.8, 4) is 11.3 Å². The first-order chi connectivity index (χ1) is 15.6. The molecule has 0 fully saturated rings. The highest BCUT2D eigenvalue weighted by atomic mass is 32.1. The first-order valence-corrected chi connectivity index (χ1v) is 11.0. The molecule has 0 spiro atoms. The number of benzene rings is 2. The molecule has 7 heteroatoms. The number of rotatable bonds is 8. The molecule has 4 aromatic rings. The van der Waals surface area contributed by atoms with Crippen LogP contribution in [0.4, 0.5) is 5.69 Å². The zero-order valence-electron chi connectivity index (χ0n) is 17.2. The number of amides is 1. The SMILES string of the molecule is O=C(Cc1ccccc1C(=O)O)Nc1cccc(CCc2nc(-c3ccncc3)cs2)c1. The van der Waals surface area contributed by atoms with Gasteiger partial charge in [0.05, 0.1) is 22.7 Å². The molecule has 2 N–H and O–H groups in total. The van der Waals surface area contributed by atoms with Gasteiger partial charge in [0.25, 0.3) is 0 Å². The lowest BCUT2D eigenvalue weighted by Crippen LogP contribution is -2.16. The van der Waals surface area contributed by atoms with E-state index in [4.69, 9.17) is 4.98 Å². The number of thiazole rings is 1. The Bertz CT molecular complexity index is 1240. The Kier molecular flexibility index (Phi) is 6.67. The fourth-order valence-corrected chi connectivity index (χ4v) is 4.21. The number of hydrogen-bond acceptors (Lipinski definition) is 5. The highest BCUT2D eigenvalue weighted by molar-refractivity contribution is 7.09. The van der Waals surface area contributed by atoms with Gasteiger partial charge in [0.15, 0.2) is 0 Å². The van der Waals surface area contributed by atoms with Gasteiger partial charge < -0.3 is 10.4 Å². The van der Waals surface area contributed by atoms with E-state index in [-0.39, 0.29) is 17.9 Å². The minimum atomic E-state index is -1.04. The van der Waals surface area contributed by atoms with Crippen LogP contribution in [0, 0.1) is 0 Å². The Morgan fingerprint density at radius 3 is 2.59 bits per heavy atom. The Morgan fingerprint density at radius 2 is 1.78 bits per heavy atom. The number of carboxylic acid groups (broad SMARTS) is 1. The van der Waals surface area contributed by atoms with Crippen molar-refractivity contribution in [2.45, 2.75) is 19.3 Å². The Balaban J connectivity index is 1.36.